The summed E-state index contributed by atoms with van der Waals surface area (Å²) in [5.41, 5.74) is 0. The van der Waals surface area contributed by atoms with Crippen molar-refractivity contribution in [2.45, 2.75) is 12.5 Å². The lowest BCUT2D eigenvalue weighted by molar-refractivity contribution is -0.00385. The van der Waals surface area contributed by atoms with Crippen LogP contribution in [0, 0.1) is 0 Å². The van der Waals surface area contributed by atoms with Crippen LogP contribution in [-0.4, -0.2) is 50.3 Å². The molecule has 0 saturated carbocycles. The van der Waals surface area contributed by atoms with Crippen LogP contribution >= 0.6 is 0 Å². The second-order valence-corrected chi connectivity index (χ2v) is 3.30. The minimum atomic E-state index is 0.693. The summed E-state index contributed by atoms with van der Waals surface area (Å²) in [4.78, 5) is 2.55. The second-order valence-electron chi connectivity index (χ2n) is 3.30. The van der Waals surface area contributed by atoms with E-state index >= 15 is 0 Å². The minimum Gasteiger partial charge on any atom is -0.378 e. The van der Waals surface area contributed by atoms with Gasteiger partial charge in [-0.1, -0.05) is 0 Å². The Kier molecular flexibility index (Phi) is 2.41. The Morgan fingerprint density at radius 3 is 3.27 bits per heavy atom. The van der Waals surface area contributed by atoms with Crippen LogP contribution in [0.5, 0.6) is 0 Å². The smallest absolute Gasteiger partial charge is 0.0623 e. The molecule has 0 amide bonds. The van der Waals surface area contributed by atoms with Crippen LogP contribution in [0.1, 0.15) is 6.42 Å². The number of hydrogen-bond donors (Lipinski definition) is 1. The van der Waals surface area contributed by atoms with Gasteiger partial charge in [0.15, 0.2) is 0 Å². The Morgan fingerprint density at radius 2 is 2.27 bits per heavy atom. The molecule has 3 nitrogen and oxygen atoms in total. The van der Waals surface area contributed by atoms with Gasteiger partial charge in [-0.05, 0) is 13.0 Å². The normalized spacial score (nSPS) is 34.4. The number of fused-ring (bicyclic) bond motifs is 1. The zero-order valence-corrected chi connectivity index (χ0v) is 6.88. The van der Waals surface area contributed by atoms with Crippen molar-refractivity contribution in [2.75, 3.05) is 39.4 Å². The van der Waals surface area contributed by atoms with Crippen molar-refractivity contribution in [3.63, 3.8) is 0 Å². The average molecular weight is 156 g/mol. The molecule has 1 atom stereocenters. The number of nitrogens with one attached hydrogen (secondary N) is 1. The summed E-state index contributed by atoms with van der Waals surface area (Å²) >= 11 is 0. The molecule has 2 rings (SSSR count). The van der Waals surface area contributed by atoms with Gasteiger partial charge >= 0.3 is 0 Å². The molecule has 64 valence electrons. The van der Waals surface area contributed by atoms with Crippen LogP contribution < -0.4 is 5.32 Å². The van der Waals surface area contributed by atoms with E-state index in [1.807, 2.05) is 0 Å². The van der Waals surface area contributed by atoms with Crippen molar-refractivity contribution in [1.29, 1.82) is 0 Å². The second kappa shape index (κ2) is 3.52. The first-order valence-electron chi connectivity index (χ1n) is 4.49. The molecule has 0 bridgehead atoms. The molecule has 11 heavy (non-hydrogen) atoms. The summed E-state index contributed by atoms with van der Waals surface area (Å²) in [5, 5.41) is 3.41. The zero-order valence-electron chi connectivity index (χ0n) is 6.88. The van der Waals surface area contributed by atoms with Gasteiger partial charge in [-0.15, -0.1) is 0 Å². The highest BCUT2D eigenvalue weighted by Gasteiger charge is 2.23. The van der Waals surface area contributed by atoms with E-state index < -0.39 is 0 Å². The third kappa shape index (κ3) is 1.72. The summed E-state index contributed by atoms with van der Waals surface area (Å²) < 4.78 is 5.43. The van der Waals surface area contributed by atoms with Gasteiger partial charge in [0, 0.05) is 25.7 Å². The molecule has 0 aromatic rings. The first-order chi connectivity index (χ1) is 5.47. The van der Waals surface area contributed by atoms with Gasteiger partial charge in [-0.25, -0.2) is 0 Å². The van der Waals surface area contributed by atoms with Crippen molar-refractivity contribution >= 4 is 0 Å². The topological polar surface area (TPSA) is 24.5 Å². The van der Waals surface area contributed by atoms with Gasteiger partial charge in [0.1, 0.15) is 0 Å². The fraction of sp³-hybridized carbons (Fsp3) is 1.00. The Labute approximate surface area is 67.7 Å². The van der Waals surface area contributed by atoms with E-state index in [-0.39, 0.29) is 0 Å². The number of hydrogen-bond acceptors (Lipinski definition) is 3. The summed E-state index contributed by atoms with van der Waals surface area (Å²) in [7, 11) is 0. The monoisotopic (exact) mass is 156 g/mol. The van der Waals surface area contributed by atoms with E-state index in [0.29, 0.717) is 6.04 Å². The van der Waals surface area contributed by atoms with E-state index in [2.05, 4.69) is 10.2 Å². The first-order valence-corrected chi connectivity index (χ1v) is 4.49. The Bertz CT molecular complexity index is 115. The minimum absolute atomic E-state index is 0.693. The lowest BCUT2D eigenvalue weighted by atomic mass is 10.2. The third-order valence-electron chi connectivity index (χ3n) is 2.58. The van der Waals surface area contributed by atoms with Crippen molar-refractivity contribution in [3.05, 3.63) is 0 Å². The Morgan fingerprint density at radius 1 is 1.27 bits per heavy atom. The van der Waals surface area contributed by atoms with Gasteiger partial charge in [0.05, 0.1) is 13.2 Å². The lowest BCUT2D eigenvalue weighted by Gasteiger charge is -2.33. The van der Waals surface area contributed by atoms with Crippen LogP contribution in [0.25, 0.3) is 0 Å². The molecule has 1 unspecified atom stereocenters. The summed E-state index contributed by atoms with van der Waals surface area (Å²) in [6.45, 7) is 6.51. The van der Waals surface area contributed by atoms with Crippen LogP contribution in [0.2, 0.25) is 0 Å². The molecule has 2 aliphatic rings. The van der Waals surface area contributed by atoms with Gasteiger partial charge < -0.3 is 10.1 Å². The fourth-order valence-electron chi connectivity index (χ4n) is 1.87. The van der Waals surface area contributed by atoms with E-state index in [1.54, 1.807) is 0 Å². The molecule has 2 heterocycles. The van der Waals surface area contributed by atoms with Gasteiger partial charge in [0.2, 0.25) is 0 Å². The highest BCUT2D eigenvalue weighted by atomic mass is 16.5. The summed E-state index contributed by atoms with van der Waals surface area (Å²) in [6, 6.07) is 0.693. The fourth-order valence-corrected chi connectivity index (χ4v) is 1.87. The molecule has 3 heteroatoms. The molecule has 1 N–H and O–H groups in total. The van der Waals surface area contributed by atoms with Crippen molar-refractivity contribution in [2.24, 2.45) is 0 Å². The lowest BCUT2D eigenvalue weighted by Crippen LogP contribution is -2.45. The van der Waals surface area contributed by atoms with E-state index in [4.69, 9.17) is 4.74 Å². The molecular formula is C8H16N2O. The van der Waals surface area contributed by atoms with Crippen LogP contribution in [0.15, 0.2) is 0 Å². The number of morpholine rings is 1. The first kappa shape index (κ1) is 7.53. The average Bonchev–Trinajstić information content (AvgIpc) is 2.28. The van der Waals surface area contributed by atoms with Crippen LogP contribution in [-0.2, 0) is 4.74 Å². The summed E-state index contributed by atoms with van der Waals surface area (Å²) in [6.07, 6.45) is 1.25. The van der Waals surface area contributed by atoms with Crippen molar-refractivity contribution in [1.82, 2.24) is 10.2 Å². The van der Waals surface area contributed by atoms with Gasteiger partial charge in [0.25, 0.3) is 0 Å². The Balaban J connectivity index is 1.93. The van der Waals surface area contributed by atoms with Crippen molar-refractivity contribution in [3.8, 4) is 0 Å². The van der Waals surface area contributed by atoms with E-state index in [1.165, 1.54) is 13.0 Å². The van der Waals surface area contributed by atoms with E-state index in [9.17, 15) is 0 Å². The standard InChI is InChI=1S/C8H16N2O/c1-2-9-3-4-10-5-6-11-7-8(1)10/h8-9H,1-7H2. The quantitative estimate of drug-likeness (QED) is 0.520. The zero-order chi connectivity index (χ0) is 7.52. The SMILES string of the molecule is C1CC2COCCN2CCN1. The number of rotatable bonds is 0. The highest BCUT2D eigenvalue weighted by Crippen LogP contribution is 2.10. The maximum atomic E-state index is 5.43. The van der Waals surface area contributed by atoms with E-state index in [0.717, 1.165) is 32.8 Å². The highest BCUT2D eigenvalue weighted by molar-refractivity contribution is 4.79. The Hall–Kier alpha value is -0.120. The maximum Gasteiger partial charge on any atom is 0.0623 e. The molecular weight excluding hydrogens is 140 g/mol. The molecule has 0 aromatic carbocycles. The van der Waals surface area contributed by atoms with Crippen molar-refractivity contribution < 1.29 is 4.74 Å². The van der Waals surface area contributed by atoms with Gasteiger partial charge in [-0.3, -0.25) is 4.90 Å². The molecule has 0 spiro atoms. The predicted molar refractivity (Wildman–Crippen MR) is 43.7 cm³/mol. The maximum absolute atomic E-state index is 5.43. The largest absolute Gasteiger partial charge is 0.378 e. The number of ether oxygens (including phenoxy) is 1. The van der Waals surface area contributed by atoms with Gasteiger partial charge in [-0.2, -0.15) is 0 Å². The molecule has 0 aliphatic carbocycles. The van der Waals surface area contributed by atoms with Crippen LogP contribution in [0.4, 0.5) is 0 Å². The number of nitrogens with zero attached hydrogens (tertiary/aromatic N) is 1. The molecule has 0 radical (unpaired) electrons. The molecule has 2 fully saturated rings. The molecule has 2 aliphatic heterocycles. The van der Waals surface area contributed by atoms with Crippen LogP contribution in [0.3, 0.4) is 0 Å². The predicted octanol–water partition coefficient (Wildman–Crippen LogP) is -0.319. The third-order valence-corrected chi connectivity index (χ3v) is 2.58. The molecule has 2 saturated heterocycles. The molecule has 0 aromatic heterocycles. The summed E-state index contributed by atoms with van der Waals surface area (Å²) in [5.74, 6) is 0.